The minimum Gasteiger partial charge on any atom is -0.464 e. The van der Waals surface area contributed by atoms with Crippen molar-refractivity contribution in [1.82, 2.24) is 9.97 Å². The molecule has 0 saturated carbocycles. The van der Waals surface area contributed by atoms with Crippen molar-refractivity contribution in [2.24, 2.45) is 0 Å². The quantitative estimate of drug-likeness (QED) is 0.807. The predicted molar refractivity (Wildman–Crippen MR) is 66.3 cm³/mol. The van der Waals surface area contributed by atoms with Gasteiger partial charge in [-0.05, 0) is 13.8 Å². The summed E-state index contributed by atoms with van der Waals surface area (Å²) in [5.41, 5.74) is -1.10. The molecule has 2 N–H and O–H groups in total. The van der Waals surface area contributed by atoms with Crippen LogP contribution < -0.4 is 10.6 Å². The number of nitrogens with zero attached hydrogens (tertiary/aromatic N) is 2. The van der Waals surface area contributed by atoms with Crippen LogP contribution in [0.5, 0.6) is 0 Å². The van der Waals surface area contributed by atoms with E-state index in [2.05, 4.69) is 20.6 Å². The van der Waals surface area contributed by atoms with Crippen molar-refractivity contribution in [2.45, 2.75) is 26.1 Å². The van der Waals surface area contributed by atoms with Crippen molar-refractivity contribution in [2.75, 3.05) is 24.3 Å². The van der Waals surface area contributed by atoms with Crippen LogP contribution in [0.4, 0.5) is 24.9 Å². The maximum atomic E-state index is 12.7. The number of ether oxygens (including phenoxy) is 1. The van der Waals surface area contributed by atoms with Crippen molar-refractivity contribution in [3.05, 3.63) is 11.8 Å². The van der Waals surface area contributed by atoms with Crippen LogP contribution in [0, 0.1) is 0 Å². The van der Waals surface area contributed by atoms with Gasteiger partial charge in [-0.1, -0.05) is 0 Å². The van der Waals surface area contributed by atoms with Gasteiger partial charge in [0.25, 0.3) is 0 Å². The van der Waals surface area contributed by atoms with Gasteiger partial charge in [0.15, 0.2) is 5.69 Å². The number of hydrogen-bond acceptors (Lipinski definition) is 6. The van der Waals surface area contributed by atoms with E-state index in [4.69, 9.17) is 4.74 Å². The molecular formula is C11H15F3N4O2. The Kier molecular flexibility index (Phi) is 5.12. The summed E-state index contributed by atoms with van der Waals surface area (Å²) in [5.74, 6) is -0.888. The van der Waals surface area contributed by atoms with Gasteiger partial charge >= 0.3 is 12.1 Å². The number of anilines is 2. The zero-order chi connectivity index (χ0) is 15.3. The Morgan fingerprint density at radius 3 is 2.60 bits per heavy atom. The second kappa shape index (κ2) is 6.40. The normalized spacial score (nSPS) is 12.7. The lowest BCUT2D eigenvalue weighted by molar-refractivity contribution is -0.143. The standard InChI is InChI=1S/C11H15F3N4O2/c1-4-20-9(19)6(2)16-8-5-7(11(12,13)14)17-10(15-3)18-8/h5-6H,4H2,1-3H3,(H2,15,16,17,18). The molecule has 1 aromatic rings. The average Bonchev–Trinajstić information content (AvgIpc) is 2.37. The first-order valence-corrected chi connectivity index (χ1v) is 5.85. The van der Waals surface area contributed by atoms with E-state index in [1.165, 1.54) is 14.0 Å². The summed E-state index contributed by atoms with van der Waals surface area (Å²) < 4.78 is 42.7. The topological polar surface area (TPSA) is 76.1 Å². The van der Waals surface area contributed by atoms with Crippen LogP contribution in [-0.2, 0) is 15.7 Å². The molecule has 0 aromatic carbocycles. The van der Waals surface area contributed by atoms with Crippen molar-refractivity contribution in [3.8, 4) is 0 Å². The Labute approximate surface area is 113 Å². The van der Waals surface area contributed by atoms with E-state index in [0.717, 1.165) is 6.07 Å². The van der Waals surface area contributed by atoms with Crippen LogP contribution in [-0.4, -0.2) is 35.6 Å². The molecule has 0 radical (unpaired) electrons. The van der Waals surface area contributed by atoms with Crippen LogP contribution >= 0.6 is 0 Å². The molecule has 1 rings (SSSR count). The molecule has 112 valence electrons. The van der Waals surface area contributed by atoms with Crippen molar-refractivity contribution in [3.63, 3.8) is 0 Å². The summed E-state index contributed by atoms with van der Waals surface area (Å²) in [5, 5.41) is 4.98. The number of halogens is 3. The predicted octanol–water partition coefficient (Wildman–Crippen LogP) is 1.90. The maximum absolute atomic E-state index is 12.7. The average molecular weight is 292 g/mol. The number of rotatable bonds is 5. The highest BCUT2D eigenvalue weighted by Gasteiger charge is 2.34. The first-order valence-electron chi connectivity index (χ1n) is 5.85. The number of aromatic nitrogens is 2. The molecule has 1 unspecified atom stereocenters. The fourth-order valence-electron chi connectivity index (χ4n) is 1.33. The minimum absolute atomic E-state index is 0.114. The molecule has 1 aromatic heterocycles. The van der Waals surface area contributed by atoms with Gasteiger partial charge in [0.2, 0.25) is 5.95 Å². The first-order chi connectivity index (χ1) is 9.27. The molecule has 1 atom stereocenters. The second-order valence-electron chi connectivity index (χ2n) is 3.83. The highest BCUT2D eigenvalue weighted by Crippen LogP contribution is 2.29. The summed E-state index contributed by atoms with van der Waals surface area (Å²) >= 11 is 0. The molecule has 0 fully saturated rings. The third-order valence-corrected chi connectivity index (χ3v) is 2.24. The summed E-state index contributed by atoms with van der Waals surface area (Å²) in [4.78, 5) is 18.5. The second-order valence-corrected chi connectivity index (χ2v) is 3.83. The van der Waals surface area contributed by atoms with Crippen molar-refractivity contribution < 1.29 is 22.7 Å². The zero-order valence-electron chi connectivity index (χ0n) is 11.2. The Bertz CT molecular complexity index is 479. The smallest absolute Gasteiger partial charge is 0.433 e. The van der Waals surface area contributed by atoms with E-state index >= 15 is 0 Å². The summed E-state index contributed by atoms with van der Waals surface area (Å²) in [6, 6.07) is -0.0908. The first kappa shape index (κ1) is 16.0. The molecule has 0 bridgehead atoms. The number of carbonyl (C=O) groups excluding carboxylic acids is 1. The monoisotopic (exact) mass is 292 g/mol. The fraction of sp³-hybridized carbons (Fsp3) is 0.545. The number of esters is 1. The molecule has 0 amide bonds. The van der Waals surface area contributed by atoms with E-state index in [-0.39, 0.29) is 18.4 Å². The summed E-state index contributed by atoms with van der Waals surface area (Å²) in [7, 11) is 1.40. The minimum atomic E-state index is -4.60. The Morgan fingerprint density at radius 2 is 2.10 bits per heavy atom. The molecule has 20 heavy (non-hydrogen) atoms. The van der Waals surface area contributed by atoms with Gasteiger partial charge in [0, 0.05) is 13.1 Å². The highest BCUT2D eigenvalue weighted by molar-refractivity contribution is 5.78. The Hall–Kier alpha value is -2.06. The summed E-state index contributed by atoms with van der Waals surface area (Å²) in [6.45, 7) is 3.28. The van der Waals surface area contributed by atoms with Gasteiger partial charge in [0.1, 0.15) is 11.9 Å². The molecule has 0 aliphatic heterocycles. The number of hydrogen-bond donors (Lipinski definition) is 2. The van der Waals surface area contributed by atoms with Crippen LogP contribution in [0.3, 0.4) is 0 Å². The van der Waals surface area contributed by atoms with E-state index < -0.39 is 23.9 Å². The van der Waals surface area contributed by atoms with Gasteiger partial charge in [0.05, 0.1) is 6.61 Å². The molecule has 6 nitrogen and oxygen atoms in total. The lowest BCUT2D eigenvalue weighted by atomic mass is 10.3. The van der Waals surface area contributed by atoms with Crippen molar-refractivity contribution in [1.29, 1.82) is 0 Å². The van der Waals surface area contributed by atoms with Gasteiger partial charge in [-0.15, -0.1) is 0 Å². The van der Waals surface area contributed by atoms with Crippen LogP contribution in [0.1, 0.15) is 19.5 Å². The van der Waals surface area contributed by atoms with E-state index in [9.17, 15) is 18.0 Å². The Morgan fingerprint density at radius 1 is 1.45 bits per heavy atom. The van der Waals surface area contributed by atoms with Crippen molar-refractivity contribution >= 4 is 17.7 Å². The third-order valence-electron chi connectivity index (χ3n) is 2.24. The maximum Gasteiger partial charge on any atom is 0.433 e. The number of alkyl halides is 3. The molecular weight excluding hydrogens is 277 g/mol. The lowest BCUT2D eigenvalue weighted by Crippen LogP contribution is -2.29. The number of nitrogens with one attached hydrogen (secondary N) is 2. The van der Waals surface area contributed by atoms with Gasteiger partial charge in [-0.3, -0.25) is 0 Å². The SMILES string of the molecule is CCOC(=O)C(C)Nc1cc(C(F)(F)F)nc(NC)n1. The molecule has 9 heteroatoms. The lowest BCUT2D eigenvalue weighted by Gasteiger charge is -2.15. The van der Waals surface area contributed by atoms with E-state index in [0.29, 0.717) is 0 Å². The van der Waals surface area contributed by atoms with Gasteiger partial charge < -0.3 is 15.4 Å². The number of carbonyl (C=O) groups is 1. The zero-order valence-corrected chi connectivity index (χ0v) is 11.2. The molecule has 0 saturated heterocycles. The van der Waals surface area contributed by atoms with E-state index in [1.54, 1.807) is 6.92 Å². The van der Waals surface area contributed by atoms with Crippen LogP contribution in [0.25, 0.3) is 0 Å². The molecule has 1 heterocycles. The molecule has 0 spiro atoms. The Balaban J connectivity index is 2.97. The molecule has 0 aliphatic rings. The van der Waals surface area contributed by atoms with Crippen LogP contribution in [0.2, 0.25) is 0 Å². The fourth-order valence-corrected chi connectivity index (χ4v) is 1.33. The third kappa shape index (κ3) is 4.25. The molecule has 0 aliphatic carbocycles. The van der Waals surface area contributed by atoms with Crippen LogP contribution in [0.15, 0.2) is 6.07 Å². The summed E-state index contributed by atoms with van der Waals surface area (Å²) in [6.07, 6.45) is -4.60. The largest absolute Gasteiger partial charge is 0.464 e. The van der Waals surface area contributed by atoms with Gasteiger partial charge in [-0.2, -0.15) is 18.2 Å². The van der Waals surface area contributed by atoms with Gasteiger partial charge in [-0.25, -0.2) is 9.78 Å². The van der Waals surface area contributed by atoms with E-state index in [1.807, 2.05) is 0 Å². The highest BCUT2D eigenvalue weighted by atomic mass is 19.4.